The molecule has 1 saturated heterocycles. The van der Waals surface area contributed by atoms with Crippen molar-refractivity contribution in [2.75, 3.05) is 18.1 Å². The van der Waals surface area contributed by atoms with Gasteiger partial charge in [-0.05, 0) is 38.1 Å². The zero-order chi connectivity index (χ0) is 16.3. The quantitative estimate of drug-likeness (QED) is 0.829. The minimum absolute atomic E-state index is 0.0472. The third-order valence-corrected chi connectivity index (χ3v) is 3.18. The van der Waals surface area contributed by atoms with Gasteiger partial charge in [-0.3, -0.25) is 4.79 Å². The number of aliphatic hydroxyl groups is 1. The van der Waals surface area contributed by atoms with E-state index in [1.807, 2.05) is 13.8 Å². The van der Waals surface area contributed by atoms with Gasteiger partial charge in [0.15, 0.2) is 12.2 Å². The van der Waals surface area contributed by atoms with Crippen molar-refractivity contribution in [1.29, 1.82) is 0 Å². The minimum Gasteiger partial charge on any atom is -0.491 e. The fourth-order valence-corrected chi connectivity index (χ4v) is 2.19. The molecule has 0 bridgehead atoms. The first kappa shape index (κ1) is 16.3. The summed E-state index contributed by atoms with van der Waals surface area (Å²) < 4.78 is 10.6. The summed E-state index contributed by atoms with van der Waals surface area (Å²) in [5.74, 6) is -1.37. The van der Waals surface area contributed by atoms with Gasteiger partial charge in [0.25, 0.3) is 5.91 Å². The molecule has 2 atom stereocenters. The van der Waals surface area contributed by atoms with Crippen LogP contribution < -0.4 is 9.64 Å². The highest BCUT2D eigenvalue weighted by molar-refractivity contribution is 6.00. The number of carbonyl (C=O) groups is 2. The number of carboxylic acid groups (broad SMARTS) is 1. The van der Waals surface area contributed by atoms with Crippen molar-refractivity contribution in [2.45, 2.75) is 32.2 Å². The standard InChI is InChI=1S/C15H19NO6/c1-9(2)22-11-5-3-10(4-6-11)16-7-8-21-13(14(16)18)12(17)15(19)20/h3-6,9,12-13,17H,7-8H2,1-2H3,(H,19,20)/t12-,13-/m1/s1. The van der Waals surface area contributed by atoms with Crippen LogP contribution in [0.5, 0.6) is 5.75 Å². The Morgan fingerprint density at radius 3 is 2.55 bits per heavy atom. The van der Waals surface area contributed by atoms with E-state index in [1.165, 1.54) is 4.90 Å². The SMILES string of the molecule is CC(C)Oc1ccc(N2CCO[C@H]([C@@H](O)C(=O)O)C2=O)cc1. The number of aliphatic carboxylic acids is 1. The van der Waals surface area contributed by atoms with E-state index in [9.17, 15) is 14.7 Å². The molecule has 1 aliphatic rings. The van der Waals surface area contributed by atoms with E-state index in [0.29, 0.717) is 18.0 Å². The average molecular weight is 309 g/mol. The summed E-state index contributed by atoms with van der Waals surface area (Å²) in [7, 11) is 0. The molecule has 0 aliphatic carbocycles. The van der Waals surface area contributed by atoms with E-state index >= 15 is 0 Å². The van der Waals surface area contributed by atoms with Gasteiger partial charge >= 0.3 is 5.97 Å². The summed E-state index contributed by atoms with van der Waals surface area (Å²) in [4.78, 5) is 24.5. The van der Waals surface area contributed by atoms with Crippen molar-refractivity contribution < 1.29 is 29.3 Å². The Kier molecular flexibility index (Phi) is 4.99. The lowest BCUT2D eigenvalue weighted by atomic mass is 10.1. The molecule has 0 spiro atoms. The molecule has 7 heteroatoms. The summed E-state index contributed by atoms with van der Waals surface area (Å²) in [5, 5.41) is 18.3. The monoisotopic (exact) mass is 309 g/mol. The van der Waals surface area contributed by atoms with Gasteiger partial charge in [0.1, 0.15) is 5.75 Å². The summed E-state index contributed by atoms with van der Waals surface area (Å²) >= 11 is 0. The first-order valence-electron chi connectivity index (χ1n) is 7.00. The molecule has 2 N–H and O–H groups in total. The van der Waals surface area contributed by atoms with Crippen LogP contribution in [0, 0.1) is 0 Å². The number of nitrogens with zero attached hydrogens (tertiary/aromatic N) is 1. The molecule has 22 heavy (non-hydrogen) atoms. The van der Waals surface area contributed by atoms with Gasteiger partial charge in [-0.25, -0.2) is 4.79 Å². The van der Waals surface area contributed by atoms with Crippen molar-refractivity contribution in [3.8, 4) is 5.75 Å². The predicted octanol–water partition coefficient (Wildman–Crippen LogP) is 0.651. The molecule has 0 unspecified atom stereocenters. The van der Waals surface area contributed by atoms with Crippen LogP contribution in [-0.4, -0.2) is 53.6 Å². The third-order valence-electron chi connectivity index (χ3n) is 3.18. The third kappa shape index (κ3) is 3.55. The predicted molar refractivity (Wildman–Crippen MR) is 77.9 cm³/mol. The van der Waals surface area contributed by atoms with Gasteiger partial charge in [0, 0.05) is 12.2 Å². The number of hydrogen-bond acceptors (Lipinski definition) is 5. The van der Waals surface area contributed by atoms with Gasteiger partial charge in [0.05, 0.1) is 12.7 Å². The lowest BCUT2D eigenvalue weighted by Crippen LogP contribution is -2.54. The van der Waals surface area contributed by atoms with Crippen molar-refractivity contribution in [1.82, 2.24) is 0 Å². The summed E-state index contributed by atoms with van der Waals surface area (Å²) in [6.45, 7) is 4.28. The molecule has 1 aromatic rings. The molecule has 1 heterocycles. The van der Waals surface area contributed by atoms with Crippen molar-refractivity contribution in [3.05, 3.63) is 24.3 Å². The van der Waals surface area contributed by atoms with E-state index in [-0.39, 0.29) is 12.7 Å². The summed E-state index contributed by atoms with van der Waals surface area (Å²) in [5.41, 5.74) is 0.604. The highest BCUT2D eigenvalue weighted by Gasteiger charge is 2.39. The maximum atomic E-state index is 12.3. The van der Waals surface area contributed by atoms with Crippen LogP contribution in [-0.2, 0) is 14.3 Å². The number of aliphatic hydroxyl groups excluding tert-OH is 1. The Morgan fingerprint density at radius 1 is 1.36 bits per heavy atom. The molecule has 1 aromatic carbocycles. The fourth-order valence-electron chi connectivity index (χ4n) is 2.19. The highest BCUT2D eigenvalue weighted by atomic mass is 16.5. The number of hydrogen-bond donors (Lipinski definition) is 2. The van der Waals surface area contributed by atoms with Crippen molar-refractivity contribution in [2.24, 2.45) is 0 Å². The van der Waals surface area contributed by atoms with Crippen LogP contribution in [0.15, 0.2) is 24.3 Å². The van der Waals surface area contributed by atoms with Crippen LogP contribution in [0.3, 0.4) is 0 Å². The van der Waals surface area contributed by atoms with Crippen LogP contribution in [0.2, 0.25) is 0 Å². The molecule has 0 aromatic heterocycles. The zero-order valence-corrected chi connectivity index (χ0v) is 12.4. The minimum atomic E-state index is -1.88. The maximum Gasteiger partial charge on any atom is 0.335 e. The Bertz CT molecular complexity index is 541. The number of anilines is 1. The van der Waals surface area contributed by atoms with Crippen LogP contribution in [0.25, 0.3) is 0 Å². The molecule has 120 valence electrons. The first-order chi connectivity index (χ1) is 10.4. The molecule has 1 fully saturated rings. The molecular weight excluding hydrogens is 290 g/mol. The largest absolute Gasteiger partial charge is 0.491 e. The lowest BCUT2D eigenvalue weighted by molar-refractivity contribution is -0.163. The second kappa shape index (κ2) is 6.76. The summed E-state index contributed by atoms with van der Waals surface area (Å²) in [6, 6.07) is 6.90. The molecule has 1 aliphatic heterocycles. The second-order valence-electron chi connectivity index (χ2n) is 5.22. The van der Waals surface area contributed by atoms with Crippen LogP contribution in [0.4, 0.5) is 5.69 Å². The topological polar surface area (TPSA) is 96.3 Å². The number of morpholine rings is 1. The zero-order valence-electron chi connectivity index (χ0n) is 12.4. The lowest BCUT2D eigenvalue weighted by Gasteiger charge is -2.33. The smallest absolute Gasteiger partial charge is 0.335 e. The number of amides is 1. The molecule has 0 saturated carbocycles. The van der Waals surface area contributed by atoms with Crippen LogP contribution >= 0.6 is 0 Å². The van der Waals surface area contributed by atoms with Gasteiger partial charge in [-0.1, -0.05) is 0 Å². The average Bonchev–Trinajstić information content (AvgIpc) is 2.47. The Labute approximate surface area is 128 Å². The van der Waals surface area contributed by atoms with E-state index < -0.39 is 24.1 Å². The Hall–Kier alpha value is -2.12. The first-order valence-corrected chi connectivity index (χ1v) is 7.00. The van der Waals surface area contributed by atoms with E-state index in [2.05, 4.69) is 0 Å². The second-order valence-corrected chi connectivity index (χ2v) is 5.22. The van der Waals surface area contributed by atoms with Crippen LogP contribution in [0.1, 0.15) is 13.8 Å². The Balaban J connectivity index is 2.14. The number of rotatable bonds is 5. The molecular formula is C15H19NO6. The van der Waals surface area contributed by atoms with E-state index in [1.54, 1.807) is 24.3 Å². The number of benzene rings is 1. The molecule has 7 nitrogen and oxygen atoms in total. The van der Waals surface area contributed by atoms with Crippen molar-refractivity contribution >= 4 is 17.6 Å². The Morgan fingerprint density at radius 2 is 2.00 bits per heavy atom. The number of carboxylic acids is 1. The summed E-state index contributed by atoms with van der Waals surface area (Å²) in [6.07, 6.45) is -3.22. The van der Waals surface area contributed by atoms with Gasteiger partial charge < -0.3 is 24.6 Å². The fraction of sp³-hybridized carbons (Fsp3) is 0.467. The van der Waals surface area contributed by atoms with E-state index in [4.69, 9.17) is 14.6 Å². The van der Waals surface area contributed by atoms with E-state index in [0.717, 1.165) is 0 Å². The normalized spacial score (nSPS) is 20.1. The molecule has 0 radical (unpaired) electrons. The number of ether oxygens (including phenoxy) is 2. The number of carbonyl (C=O) groups excluding carboxylic acids is 1. The molecule has 2 rings (SSSR count). The van der Waals surface area contributed by atoms with Gasteiger partial charge in [-0.15, -0.1) is 0 Å². The highest BCUT2D eigenvalue weighted by Crippen LogP contribution is 2.23. The maximum absolute atomic E-state index is 12.3. The van der Waals surface area contributed by atoms with Gasteiger partial charge in [-0.2, -0.15) is 0 Å². The van der Waals surface area contributed by atoms with Gasteiger partial charge in [0.2, 0.25) is 0 Å². The molecule has 1 amide bonds. The van der Waals surface area contributed by atoms with Crippen molar-refractivity contribution in [3.63, 3.8) is 0 Å².